The second-order valence-corrected chi connectivity index (χ2v) is 9.04. The number of hydrogen-bond donors (Lipinski definition) is 0. The number of hydrogen-bond acceptors (Lipinski definition) is 5. The number of para-hydroxylation sites is 3. The van der Waals surface area contributed by atoms with Crippen molar-refractivity contribution in [3.63, 3.8) is 0 Å². The lowest BCUT2D eigenvalue weighted by Crippen LogP contribution is -2.56. The molecule has 0 radical (unpaired) electrons. The van der Waals surface area contributed by atoms with Gasteiger partial charge in [-0.25, -0.2) is 4.99 Å². The summed E-state index contributed by atoms with van der Waals surface area (Å²) in [6.07, 6.45) is 0.782. The van der Waals surface area contributed by atoms with Crippen LogP contribution in [0.3, 0.4) is 0 Å². The van der Waals surface area contributed by atoms with Gasteiger partial charge in [0.2, 0.25) is 5.91 Å². The Labute approximate surface area is 206 Å². The number of carbonyl (C=O) groups excluding carboxylic acids is 1. The van der Waals surface area contributed by atoms with Gasteiger partial charge in [0.05, 0.1) is 18.6 Å². The van der Waals surface area contributed by atoms with E-state index < -0.39 is 0 Å². The van der Waals surface area contributed by atoms with E-state index >= 15 is 0 Å². The Morgan fingerprint density at radius 1 is 1.06 bits per heavy atom. The van der Waals surface area contributed by atoms with E-state index in [0.29, 0.717) is 36.9 Å². The van der Waals surface area contributed by atoms with Gasteiger partial charge < -0.3 is 19.3 Å². The van der Waals surface area contributed by atoms with Crippen LogP contribution in [-0.2, 0) is 4.79 Å². The Kier molecular flexibility index (Phi) is 6.45. The van der Waals surface area contributed by atoms with Crippen molar-refractivity contribution in [2.45, 2.75) is 32.2 Å². The summed E-state index contributed by atoms with van der Waals surface area (Å²) in [6.45, 7) is 6.23. The standard InChI is InChI=1S/C29H31N3O3/c1-4-22(21-11-6-5-7-12-21)29(33)32-18-17-31(19-20(32)2)28-23-13-10-16-26(34-3)27(23)35-25-15-9-8-14-24(25)30-28/h5-16,20,22H,4,17-19H2,1-3H3/t20-,22+/m1/s1. The van der Waals surface area contributed by atoms with Crippen molar-refractivity contribution >= 4 is 17.4 Å². The van der Waals surface area contributed by atoms with Crippen LogP contribution in [0.4, 0.5) is 5.69 Å². The maximum absolute atomic E-state index is 13.6. The normalized spacial score (nSPS) is 17.9. The third kappa shape index (κ3) is 4.36. The van der Waals surface area contributed by atoms with Gasteiger partial charge in [-0.1, -0.05) is 55.5 Å². The van der Waals surface area contributed by atoms with Crippen molar-refractivity contribution in [3.05, 3.63) is 83.9 Å². The Morgan fingerprint density at radius 3 is 2.57 bits per heavy atom. The second-order valence-electron chi connectivity index (χ2n) is 9.04. The first kappa shape index (κ1) is 23.0. The summed E-state index contributed by atoms with van der Waals surface area (Å²) in [5.41, 5.74) is 2.75. The molecule has 6 nitrogen and oxygen atoms in total. The van der Waals surface area contributed by atoms with Crippen LogP contribution in [0, 0.1) is 0 Å². The number of amides is 1. The van der Waals surface area contributed by atoms with Crippen LogP contribution in [0.25, 0.3) is 0 Å². The fraction of sp³-hybridized carbons (Fsp3) is 0.310. The Hall–Kier alpha value is -3.80. The highest BCUT2D eigenvalue weighted by Gasteiger charge is 2.34. The maximum atomic E-state index is 13.6. The molecule has 0 saturated carbocycles. The SMILES string of the molecule is CC[C@H](C(=O)N1CCN(C2=Nc3ccccc3Oc3c(OC)cccc32)C[C@H]1C)c1ccccc1. The second kappa shape index (κ2) is 9.82. The molecule has 2 atom stereocenters. The smallest absolute Gasteiger partial charge is 0.230 e. The number of benzene rings is 3. The highest BCUT2D eigenvalue weighted by atomic mass is 16.5. The fourth-order valence-corrected chi connectivity index (χ4v) is 5.03. The number of piperazine rings is 1. The topological polar surface area (TPSA) is 54.4 Å². The van der Waals surface area contributed by atoms with Gasteiger partial charge >= 0.3 is 0 Å². The molecule has 3 aromatic rings. The lowest BCUT2D eigenvalue weighted by Gasteiger charge is -2.42. The first-order valence-corrected chi connectivity index (χ1v) is 12.2. The fourth-order valence-electron chi connectivity index (χ4n) is 5.03. The number of carbonyl (C=O) groups is 1. The molecule has 1 amide bonds. The molecule has 0 aromatic heterocycles. The molecule has 2 heterocycles. The van der Waals surface area contributed by atoms with Gasteiger partial charge in [-0.2, -0.15) is 0 Å². The molecule has 0 bridgehead atoms. The summed E-state index contributed by atoms with van der Waals surface area (Å²) >= 11 is 0. The highest BCUT2D eigenvalue weighted by molar-refractivity contribution is 6.04. The molecule has 180 valence electrons. The van der Waals surface area contributed by atoms with Crippen LogP contribution in [-0.4, -0.2) is 54.3 Å². The summed E-state index contributed by atoms with van der Waals surface area (Å²) in [5.74, 6) is 2.96. The Morgan fingerprint density at radius 2 is 1.83 bits per heavy atom. The summed E-state index contributed by atoms with van der Waals surface area (Å²) in [7, 11) is 1.65. The number of fused-ring (bicyclic) bond motifs is 2. The Balaban J connectivity index is 1.44. The van der Waals surface area contributed by atoms with E-state index in [9.17, 15) is 4.79 Å². The van der Waals surface area contributed by atoms with Gasteiger partial charge in [-0.05, 0) is 43.2 Å². The van der Waals surface area contributed by atoms with Crippen LogP contribution in [0.2, 0.25) is 0 Å². The van der Waals surface area contributed by atoms with Crippen LogP contribution in [0.5, 0.6) is 17.2 Å². The van der Waals surface area contributed by atoms with Gasteiger partial charge in [0.1, 0.15) is 11.5 Å². The molecule has 0 unspecified atom stereocenters. The molecule has 35 heavy (non-hydrogen) atoms. The van der Waals surface area contributed by atoms with E-state index in [1.165, 1.54) is 0 Å². The molecule has 0 N–H and O–H groups in total. The van der Waals surface area contributed by atoms with Crippen LogP contribution in [0.1, 0.15) is 37.3 Å². The van der Waals surface area contributed by atoms with E-state index in [4.69, 9.17) is 14.5 Å². The first-order valence-electron chi connectivity index (χ1n) is 12.2. The van der Waals surface area contributed by atoms with E-state index in [2.05, 4.69) is 30.9 Å². The maximum Gasteiger partial charge on any atom is 0.230 e. The van der Waals surface area contributed by atoms with E-state index in [1.54, 1.807) is 7.11 Å². The van der Waals surface area contributed by atoms with Crippen LogP contribution >= 0.6 is 0 Å². The zero-order valence-corrected chi connectivity index (χ0v) is 20.5. The molecule has 0 spiro atoms. The summed E-state index contributed by atoms with van der Waals surface area (Å²) in [4.78, 5) is 22.9. The monoisotopic (exact) mass is 469 g/mol. The van der Waals surface area contributed by atoms with Crippen molar-refractivity contribution in [1.29, 1.82) is 0 Å². The highest BCUT2D eigenvalue weighted by Crippen LogP contribution is 2.43. The van der Waals surface area contributed by atoms with Gasteiger partial charge in [0, 0.05) is 25.7 Å². The molecule has 2 aliphatic rings. The number of rotatable bonds is 4. The zero-order chi connectivity index (χ0) is 24.4. The molecule has 6 heteroatoms. The number of nitrogens with zero attached hydrogens (tertiary/aromatic N) is 3. The molecular formula is C29H31N3O3. The third-order valence-electron chi connectivity index (χ3n) is 6.86. The third-order valence-corrected chi connectivity index (χ3v) is 6.86. The number of amidine groups is 1. The molecular weight excluding hydrogens is 438 g/mol. The molecule has 3 aromatic carbocycles. The van der Waals surface area contributed by atoms with Crippen LogP contribution < -0.4 is 9.47 Å². The minimum Gasteiger partial charge on any atom is -0.493 e. The molecule has 1 fully saturated rings. The van der Waals surface area contributed by atoms with Crippen molar-refractivity contribution in [2.75, 3.05) is 26.7 Å². The predicted molar refractivity (Wildman–Crippen MR) is 138 cm³/mol. The zero-order valence-electron chi connectivity index (χ0n) is 20.5. The lowest BCUT2D eigenvalue weighted by atomic mass is 9.94. The lowest BCUT2D eigenvalue weighted by molar-refractivity contribution is -0.136. The van der Waals surface area contributed by atoms with Crippen molar-refractivity contribution in [2.24, 2.45) is 4.99 Å². The molecule has 5 rings (SSSR count). The summed E-state index contributed by atoms with van der Waals surface area (Å²) in [6, 6.07) is 23.8. The minimum atomic E-state index is -0.120. The summed E-state index contributed by atoms with van der Waals surface area (Å²) < 4.78 is 11.9. The van der Waals surface area contributed by atoms with E-state index in [0.717, 1.165) is 29.1 Å². The van der Waals surface area contributed by atoms with Gasteiger partial charge in [0.25, 0.3) is 0 Å². The minimum absolute atomic E-state index is 0.0465. The largest absolute Gasteiger partial charge is 0.493 e. The van der Waals surface area contributed by atoms with E-state index in [-0.39, 0.29) is 17.9 Å². The van der Waals surface area contributed by atoms with Crippen LogP contribution in [0.15, 0.2) is 77.8 Å². The molecule has 1 saturated heterocycles. The van der Waals surface area contributed by atoms with Crippen molar-refractivity contribution in [1.82, 2.24) is 9.80 Å². The average molecular weight is 470 g/mol. The average Bonchev–Trinajstić information content (AvgIpc) is 3.06. The number of methoxy groups -OCH3 is 1. The number of aliphatic imine (C=N–C) groups is 1. The Bertz CT molecular complexity index is 1240. The van der Waals surface area contributed by atoms with Gasteiger partial charge in [-0.3, -0.25) is 4.79 Å². The first-order chi connectivity index (χ1) is 17.1. The quantitative estimate of drug-likeness (QED) is 0.499. The number of ether oxygens (including phenoxy) is 2. The van der Waals surface area contributed by atoms with Crippen molar-refractivity contribution < 1.29 is 14.3 Å². The van der Waals surface area contributed by atoms with Gasteiger partial charge in [-0.15, -0.1) is 0 Å². The van der Waals surface area contributed by atoms with Crippen molar-refractivity contribution in [3.8, 4) is 17.2 Å². The molecule has 2 aliphatic heterocycles. The summed E-state index contributed by atoms with van der Waals surface area (Å²) in [5, 5.41) is 0. The predicted octanol–water partition coefficient (Wildman–Crippen LogP) is 5.61. The molecule has 0 aliphatic carbocycles. The van der Waals surface area contributed by atoms with E-state index in [1.807, 2.05) is 65.6 Å². The van der Waals surface area contributed by atoms with Gasteiger partial charge in [0.15, 0.2) is 17.2 Å².